The number of carboxylic acids is 2. The third-order valence-corrected chi connectivity index (χ3v) is 1.72. The Hall–Kier alpha value is -1.14. The molecule has 0 heterocycles. The second kappa shape index (κ2) is 5.67. The van der Waals surface area contributed by atoms with E-state index in [1.165, 1.54) is 0 Å². The number of hydrogen-bond donors (Lipinski definition) is 2. The van der Waals surface area contributed by atoms with E-state index in [2.05, 4.69) is 0 Å². The monoisotopic (exact) mass is 262 g/mol. The summed E-state index contributed by atoms with van der Waals surface area (Å²) in [6.07, 6.45) is -3.11. The smallest absolute Gasteiger partial charge is 0.336 e. The summed E-state index contributed by atoms with van der Waals surface area (Å²) in [4.78, 5) is 22.3. The maximum atomic E-state index is 11.1. The van der Waals surface area contributed by atoms with E-state index in [1.54, 1.807) is 41.5 Å². The van der Waals surface area contributed by atoms with Crippen molar-refractivity contribution in [2.75, 3.05) is 0 Å². The number of rotatable bonds is 5. The van der Waals surface area contributed by atoms with E-state index in [0.29, 0.717) is 0 Å². The Kier molecular flexibility index (Phi) is 5.31. The summed E-state index contributed by atoms with van der Waals surface area (Å²) in [5, 5.41) is 18.2. The molecule has 0 spiro atoms. The first-order chi connectivity index (χ1) is 7.83. The fourth-order valence-electron chi connectivity index (χ4n) is 1.25. The standard InChI is InChI=1S/C12H22O6/c1-11(2,3)17-7(9(13)14)8(10(15)16)18-12(4,5)6/h7-8H,1-6H3,(H,13,14)(H,15,16). The van der Waals surface area contributed by atoms with Crippen molar-refractivity contribution >= 4 is 11.9 Å². The molecule has 0 radical (unpaired) electrons. The highest BCUT2D eigenvalue weighted by Gasteiger charge is 2.40. The molecule has 6 heteroatoms. The van der Waals surface area contributed by atoms with E-state index in [1.807, 2.05) is 0 Å². The first-order valence-electron chi connectivity index (χ1n) is 5.65. The van der Waals surface area contributed by atoms with Gasteiger partial charge in [0.15, 0.2) is 12.2 Å². The van der Waals surface area contributed by atoms with E-state index >= 15 is 0 Å². The average molecular weight is 262 g/mol. The van der Waals surface area contributed by atoms with Crippen molar-refractivity contribution in [3.63, 3.8) is 0 Å². The van der Waals surface area contributed by atoms with Gasteiger partial charge in [0.05, 0.1) is 11.2 Å². The maximum Gasteiger partial charge on any atom is 0.336 e. The van der Waals surface area contributed by atoms with Crippen molar-refractivity contribution in [1.29, 1.82) is 0 Å². The van der Waals surface area contributed by atoms with Gasteiger partial charge in [-0.15, -0.1) is 0 Å². The zero-order valence-corrected chi connectivity index (χ0v) is 11.7. The molecule has 106 valence electrons. The van der Waals surface area contributed by atoms with Crippen LogP contribution in [0, 0.1) is 0 Å². The van der Waals surface area contributed by atoms with Crippen LogP contribution in [0.5, 0.6) is 0 Å². The van der Waals surface area contributed by atoms with E-state index in [0.717, 1.165) is 0 Å². The lowest BCUT2D eigenvalue weighted by molar-refractivity contribution is -0.200. The average Bonchev–Trinajstić information content (AvgIpc) is 2.06. The van der Waals surface area contributed by atoms with Crippen LogP contribution in [0.25, 0.3) is 0 Å². The van der Waals surface area contributed by atoms with Crippen LogP contribution in [-0.2, 0) is 19.1 Å². The highest BCUT2D eigenvalue weighted by Crippen LogP contribution is 2.20. The molecule has 0 bridgehead atoms. The van der Waals surface area contributed by atoms with Crippen LogP contribution in [-0.4, -0.2) is 45.6 Å². The van der Waals surface area contributed by atoms with Crippen LogP contribution < -0.4 is 0 Å². The molecule has 0 aliphatic heterocycles. The fourth-order valence-corrected chi connectivity index (χ4v) is 1.25. The van der Waals surface area contributed by atoms with Crippen molar-refractivity contribution in [1.82, 2.24) is 0 Å². The maximum absolute atomic E-state index is 11.1. The van der Waals surface area contributed by atoms with Crippen molar-refractivity contribution in [2.45, 2.75) is 65.0 Å². The van der Waals surface area contributed by atoms with Gasteiger partial charge in [0, 0.05) is 0 Å². The number of aliphatic carboxylic acids is 2. The van der Waals surface area contributed by atoms with E-state index < -0.39 is 35.3 Å². The predicted molar refractivity (Wildman–Crippen MR) is 64.5 cm³/mol. The Bertz CT molecular complexity index is 278. The van der Waals surface area contributed by atoms with Gasteiger partial charge in [0.25, 0.3) is 0 Å². The van der Waals surface area contributed by atoms with Gasteiger partial charge >= 0.3 is 11.9 Å². The van der Waals surface area contributed by atoms with E-state index in [4.69, 9.17) is 19.7 Å². The number of hydrogen-bond acceptors (Lipinski definition) is 4. The van der Waals surface area contributed by atoms with Crippen molar-refractivity contribution in [2.24, 2.45) is 0 Å². The highest BCUT2D eigenvalue weighted by molar-refractivity contribution is 5.83. The quantitative estimate of drug-likeness (QED) is 0.780. The first kappa shape index (κ1) is 16.9. The summed E-state index contributed by atoms with van der Waals surface area (Å²) in [6, 6.07) is 0. The Morgan fingerprint density at radius 2 is 1.00 bits per heavy atom. The molecule has 0 saturated carbocycles. The number of carboxylic acid groups (broad SMARTS) is 2. The van der Waals surface area contributed by atoms with Gasteiger partial charge < -0.3 is 19.7 Å². The third kappa shape index (κ3) is 6.56. The predicted octanol–water partition coefficient (Wildman–Crippen LogP) is 1.52. The van der Waals surface area contributed by atoms with Crippen molar-refractivity contribution in [3.05, 3.63) is 0 Å². The zero-order chi connectivity index (χ0) is 14.7. The van der Waals surface area contributed by atoms with Gasteiger partial charge in [0.2, 0.25) is 0 Å². The normalized spacial score (nSPS) is 16.1. The summed E-state index contributed by atoms with van der Waals surface area (Å²) >= 11 is 0. The fraction of sp³-hybridized carbons (Fsp3) is 0.833. The van der Waals surface area contributed by atoms with Crippen LogP contribution in [0.2, 0.25) is 0 Å². The zero-order valence-electron chi connectivity index (χ0n) is 11.7. The Morgan fingerprint density at radius 3 is 1.11 bits per heavy atom. The summed E-state index contributed by atoms with van der Waals surface area (Å²) in [5.41, 5.74) is -1.56. The molecule has 6 nitrogen and oxygen atoms in total. The van der Waals surface area contributed by atoms with Gasteiger partial charge in [-0.2, -0.15) is 0 Å². The first-order valence-corrected chi connectivity index (χ1v) is 5.65. The van der Waals surface area contributed by atoms with Gasteiger partial charge in [-0.05, 0) is 41.5 Å². The van der Waals surface area contributed by atoms with Gasteiger partial charge in [0.1, 0.15) is 0 Å². The molecule has 0 aromatic rings. The Labute approximate surface area is 107 Å². The summed E-state index contributed by atoms with van der Waals surface area (Å²) in [7, 11) is 0. The molecular weight excluding hydrogens is 240 g/mol. The van der Waals surface area contributed by atoms with Crippen LogP contribution in [0.4, 0.5) is 0 Å². The highest BCUT2D eigenvalue weighted by atomic mass is 16.6. The number of carbonyl (C=O) groups is 2. The second-order valence-corrected chi connectivity index (χ2v) is 5.98. The summed E-state index contributed by atoms with van der Waals surface area (Å²) < 4.78 is 10.5. The molecule has 0 aliphatic rings. The van der Waals surface area contributed by atoms with Gasteiger partial charge in [-0.1, -0.05) is 0 Å². The van der Waals surface area contributed by atoms with Crippen molar-refractivity contribution < 1.29 is 29.3 Å². The lowest BCUT2D eigenvalue weighted by atomic mass is 10.1. The lowest BCUT2D eigenvalue weighted by Gasteiger charge is -2.32. The minimum atomic E-state index is -1.55. The molecule has 0 aliphatic carbocycles. The van der Waals surface area contributed by atoms with Crippen molar-refractivity contribution in [3.8, 4) is 0 Å². The van der Waals surface area contributed by atoms with Gasteiger partial charge in [-0.3, -0.25) is 0 Å². The molecule has 2 unspecified atom stereocenters. The molecule has 0 rings (SSSR count). The molecule has 0 saturated heterocycles. The molecule has 0 aromatic carbocycles. The largest absolute Gasteiger partial charge is 0.479 e. The minimum absolute atomic E-state index is 0.780. The molecule has 0 aromatic heterocycles. The lowest BCUT2D eigenvalue weighted by Crippen LogP contribution is -2.49. The van der Waals surface area contributed by atoms with Crippen LogP contribution in [0.1, 0.15) is 41.5 Å². The number of ether oxygens (including phenoxy) is 2. The van der Waals surface area contributed by atoms with Gasteiger partial charge in [-0.25, -0.2) is 9.59 Å². The molecule has 0 fully saturated rings. The van der Waals surface area contributed by atoms with Crippen LogP contribution in [0.3, 0.4) is 0 Å². The molecule has 18 heavy (non-hydrogen) atoms. The summed E-state index contributed by atoms with van der Waals surface area (Å²) in [5.74, 6) is -2.72. The Balaban J connectivity index is 5.13. The molecule has 0 amide bonds. The van der Waals surface area contributed by atoms with Crippen LogP contribution >= 0.6 is 0 Å². The minimum Gasteiger partial charge on any atom is -0.479 e. The molecule has 2 atom stereocenters. The summed E-state index contributed by atoms with van der Waals surface area (Å²) in [6.45, 7) is 9.91. The Morgan fingerprint density at radius 1 is 0.778 bits per heavy atom. The second-order valence-electron chi connectivity index (χ2n) is 5.98. The SMILES string of the molecule is CC(C)(C)OC(C(=O)O)C(OC(C)(C)C)C(=O)O. The third-order valence-electron chi connectivity index (χ3n) is 1.72. The van der Waals surface area contributed by atoms with Crippen LogP contribution in [0.15, 0.2) is 0 Å². The van der Waals surface area contributed by atoms with E-state index in [9.17, 15) is 9.59 Å². The molecular formula is C12H22O6. The molecule has 2 N–H and O–H groups in total. The van der Waals surface area contributed by atoms with E-state index in [-0.39, 0.29) is 0 Å². The topological polar surface area (TPSA) is 93.1 Å².